The Balaban J connectivity index is 1.54. The maximum atomic E-state index is 6.11. The van der Waals surface area contributed by atoms with E-state index in [4.69, 9.17) is 11.6 Å². The van der Waals surface area contributed by atoms with Gasteiger partial charge in [0.2, 0.25) is 0 Å². The van der Waals surface area contributed by atoms with Crippen LogP contribution in [0.15, 0.2) is 54.6 Å². The van der Waals surface area contributed by atoms with E-state index in [1.807, 2.05) is 17.0 Å². The zero-order valence-electron chi connectivity index (χ0n) is 14.1. The summed E-state index contributed by atoms with van der Waals surface area (Å²) in [5, 5.41) is 3.49. The number of nitrogens with two attached hydrogens (primary N) is 1. The monoisotopic (exact) mass is 342 g/mol. The van der Waals surface area contributed by atoms with Crippen LogP contribution in [0.5, 0.6) is 0 Å². The summed E-state index contributed by atoms with van der Waals surface area (Å²) in [6.45, 7) is 4.11. The molecule has 3 fully saturated rings. The van der Waals surface area contributed by atoms with Crippen molar-refractivity contribution in [1.82, 2.24) is 0 Å². The number of fused-ring (bicyclic) bond motifs is 3. The molecule has 2 aromatic carbocycles. The number of benzene rings is 2. The number of hydrogen-bond donors (Lipinski definition) is 2. The molecule has 0 aromatic heterocycles. The Labute approximate surface area is 149 Å². The van der Waals surface area contributed by atoms with Crippen LogP contribution in [-0.4, -0.2) is 25.7 Å². The van der Waals surface area contributed by atoms with E-state index in [0.717, 1.165) is 23.4 Å². The fourth-order valence-corrected chi connectivity index (χ4v) is 4.71. The van der Waals surface area contributed by atoms with Crippen molar-refractivity contribution in [1.29, 1.82) is 0 Å². The van der Waals surface area contributed by atoms with Crippen molar-refractivity contribution in [2.75, 3.05) is 19.6 Å². The third-order valence-corrected chi connectivity index (χ3v) is 6.20. The minimum atomic E-state index is 0.481. The second-order valence-electron chi connectivity index (χ2n) is 7.50. The van der Waals surface area contributed by atoms with E-state index in [9.17, 15) is 0 Å². The van der Waals surface area contributed by atoms with Gasteiger partial charge in [-0.15, -0.1) is 0 Å². The van der Waals surface area contributed by atoms with E-state index in [1.54, 1.807) is 0 Å². The van der Waals surface area contributed by atoms with Gasteiger partial charge in [0.1, 0.15) is 18.6 Å². The third kappa shape index (κ3) is 3.66. The quantitative estimate of drug-likeness (QED) is 0.827. The van der Waals surface area contributed by atoms with Crippen molar-refractivity contribution in [3.63, 3.8) is 0 Å². The molecule has 0 saturated carbocycles. The van der Waals surface area contributed by atoms with Crippen molar-refractivity contribution in [3.05, 3.63) is 70.7 Å². The largest absolute Gasteiger partial charge is 0.332 e. The van der Waals surface area contributed by atoms with Crippen LogP contribution in [0.1, 0.15) is 30.0 Å². The zero-order valence-corrected chi connectivity index (χ0v) is 14.9. The standard InChI is InChI=1S/C21H25ClN2/c22-19-8-6-17(7-9-19)20(14-16-4-2-1-3-5-16)23-21-15-24-12-10-18(21)11-13-24/h1-9,18,20-21,23H,10-15H2/p+2/t20-,21+/m1/s1. The summed E-state index contributed by atoms with van der Waals surface area (Å²) in [6, 6.07) is 20.6. The summed E-state index contributed by atoms with van der Waals surface area (Å²) in [6.07, 6.45) is 3.91. The lowest BCUT2D eigenvalue weighted by Crippen LogP contribution is -3.20. The molecule has 3 saturated heterocycles. The van der Waals surface area contributed by atoms with Crippen LogP contribution < -0.4 is 10.2 Å². The number of nitrogens with one attached hydrogen (secondary N) is 1. The average Bonchev–Trinajstić information content (AvgIpc) is 2.64. The van der Waals surface area contributed by atoms with Crippen molar-refractivity contribution in [2.24, 2.45) is 5.92 Å². The lowest BCUT2D eigenvalue weighted by Gasteiger charge is -2.41. The van der Waals surface area contributed by atoms with Crippen molar-refractivity contribution in [2.45, 2.75) is 31.3 Å². The van der Waals surface area contributed by atoms with Crippen molar-refractivity contribution >= 4 is 11.6 Å². The minimum absolute atomic E-state index is 0.481. The summed E-state index contributed by atoms with van der Waals surface area (Å²) in [4.78, 5) is 1.81. The van der Waals surface area contributed by atoms with E-state index >= 15 is 0 Å². The van der Waals surface area contributed by atoms with Gasteiger partial charge < -0.3 is 10.2 Å². The molecule has 2 aromatic rings. The first-order chi connectivity index (χ1) is 11.8. The molecule has 0 aliphatic carbocycles. The number of halogens is 1. The molecule has 2 bridgehead atoms. The first-order valence-electron chi connectivity index (χ1n) is 9.26. The van der Waals surface area contributed by atoms with Gasteiger partial charge in [0.05, 0.1) is 13.1 Å². The second kappa shape index (κ2) is 7.26. The van der Waals surface area contributed by atoms with Crippen LogP contribution in [-0.2, 0) is 6.42 Å². The summed E-state index contributed by atoms with van der Waals surface area (Å²) in [5.41, 5.74) is 2.82. The van der Waals surface area contributed by atoms with Crippen LogP contribution in [0.3, 0.4) is 0 Å². The summed E-state index contributed by atoms with van der Waals surface area (Å²) in [5.74, 6) is 0.910. The molecule has 2 atom stereocenters. The number of quaternary nitrogens is 2. The highest BCUT2D eigenvalue weighted by atomic mass is 35.5. The van der Waals surface area contributed by atoms with Crippen LogP contribution in [0.2, 0.25) is 5.02 Å². The Morgan fingerprint density at radius 2 is 1.71 bits per heavy atom. The molecule has 24 heavy (non-hydrogen) atoms. The summed E-state index contributed by atoms with van der Waals surface area (Å²) in [7, 11) is 0. The second-order valence-corrected chi connectivity index (χ2v) is 7.93. The van der Waals surface area contributed by atoms with Gasteiger partial charge in [-0.05, 0) is 17.7 Å². The molecular formula is C21H27ClN2+2. The van der Waals surface area contributed by atoms with E-state index in [0.29, 0.717) is 6.04 Å². The summed E-state index contributed by atoms with van der Waals surface area (Å²) < 4.78 is 0. The summed E-state index contributed by atoms with van der Waals surface area (Å²) >= 11 is 6.11. The lowest BCUT2D eigenvalue weighted by molar-refractivity contribution is -0.945. The van der Waals surface area contributed by atoms with Gasteiger partial charge in [-0.25, -0.2) is 0 Å². The highest BCUT2D eigenvalue weighted by Gasteiger charge is 2.41. The molecule has 3 heteroatoms. The normalized spacial score (nSPS) is 27.1. The number of hydrogen-bond acceptors (Lipinski definition) is 0. The minimum Gasteiger partial charge on any atom is -0.332 e. The first kappa shape index (κ1) is 16.1. The topological polar surface area (TPSA) is 21.1 Å². The molecule has 0 amide bonds. The van der Waals surface area contributed by atoms with Gasteiger partial charge in [0.15, 0.2) is 0 Å². The molecule has 5 rings (SSSR count). The van der Waals surface area contributed by atoms with Crippen LogP contribution >= 0.6 is 11.6 Å². The molecule has 3 heterocycles. The number of rotatable bonds is 5. The molecule has 0 radical (unpaired) electrons. The molecule has 126 valence electrons. The Morgan fingerprint density at radius 1 is 1.00 bits per heavy atom. The van der Waals surface area contributed by atoms with Crippen molar-refractivity contribution < 1.29 is 10.2 Å². The van der Waals surface area contributed by atoms with E-state index in [2.05, 4.69) is 47.8 Å². The van der Waals surface area contributed by atoms with E-state index < -0.39 is 0 Å². The van der Waals surface area contributed by atoms with E-state index in [1.165, 1.54) is 43.6 Å². The number of piperidine rings is 3. The lowest BCUT2D eigenvalue weighted by atomic mass is 9.83. The zero-order chi connectivity index (χ0) is 16.4. The van der Waals surface area contributed by atoms with Gasteiger partial charge in [0.25, 0.3) is 0 Å². The van der Waals surface area contributed by atoms with Crippen LogP contribution in [0, 0.1) is 5.92 Å². The molecule has 0 spiro atoms. The maximum absolute atomic E-state index is 6.11. The Morgan fingerprint density at radius 3 is 2.33 bits per heavy atom. The van der Waals surface area contributed by atoms with Gasteiger partial charge in [0, 0.05) is 35.8 Å². The van der Waals surface area contributed by atoms with Crippen molar-refractivity contribution in [3.8, 4) is 0 Å². The molecule has 3 aliphatic rings. The fraction of sp³-hybridized carbons (Fsp3) is 0.429. The van der Waals surface area contributed by atoms with Gasteiger partial charge in [-0.1, -0.05) is 54.1 Å². The Kier molecular flexibility index (Phi) is 4.88. The third-order valence-electron chi connectivity index (χ3n) is 5.94. The van der Waals surface area contributed by atoms with Crippen LogP contribution in [0.25, 0.3) is 0 Å². The van der Waals surface area contributed by atoms with E-state index in [-0.39, 0.29) is 0 Å². The highest BCUT2D eigenvalue weighted by Crippen LogP contribution is 2.21. The Bertz CT molecular complexity index is 647. The molecular weight excluding hydrogens is 316 g/mol. The maximum Gasteiger partial charge on any atom is 0.139 e. The predicted molar refractivity (Wildman–Crippen MR) is 98.3 cm³/mol. The first-order valence-corrected chi connectivity index (χ1v) is 9.63. The molecule has 3 aliphatic heterocycles. The van der Waals surface area contributed by atoms with Gasteiger partial charge >= 0.3 is 0 Å². The highest BCUT2D eigenvalue weighted by molar-refractivity contribution is 6.30. The smallest absolute Gasteiger partial charge is 0.139 e. The molecule has 2 nitrogen and oxygen atoms in total. The SMILES string of the molecule is Clc1ccc([C@@H](Cc2ccccc2)[NH2+][C@H]2C[NH+]3CCC2CC3)cc1. The average molecular weight is 343 g/mol. The predicted octanol–water partition coefficient (Wildman–Crippen LogP) is 1.86. The van der Waals surface area contributed by atoms with Gasteiger partial charge in [-0.2, -0.15) is 0 Å². The molecule has 3 N–H and O–H groups in total. The Hall–Kier alpha value is -1.35. The fourth-order valence-electron chi connectivity index (χ4n) is 4.58. The van der Waals surface area contributed by atoms with Gasteiger partial charge in [-0.3, -0.25) is 0 Å². The van der Waals surface area contributed by atoms with Crippen LogP contribution in [0.4, 0.5) is 0 Å². The molecule has 0 unspecified atom stereocenters.